The van der Waals surface area contributed by atoms with Crippen LogP contribution in [0.2, 0.25) is 0 Å². The monoisotopic (exact) mass is 264 g/mol. The zero-order valence-electron chi connectivity index (χ0n) is 11.8. The highest BCUT2D eigenvalue weighted by Crippen LogP contribution is 2.09. The Balaban J connectivity index is 2.48. The summed E-state index contributed by atoms with van der Waals surface area (Å²) in [6.45, 7) is 8.75. The predicted molar refractivity (Wildman–Crippen MR) is 73.7 cm³/mol. The topological polar surface area (TPSA) is 75.6 Å². The van der Waals surface area contributed by atoms with Gasteiger partial charge in [-0.1, -0.05) is 0 Å². The zero-order valence-corrected chi connectivity index (χ0v) is 11.8. The second-order valence-electron chi connectivity index (χ2n) is 4.71. The van der Waals surface area contributed by atoms with Crippen molar-refractivity contribution in [2.75, 3.05) is 0 Å². The van der Waals surface area contributed by atoms with Gasteiger partial charge in [0.2, 0.25) is 0 Å². The van der Waals surface area contributed by atoms with E-state index in [2.05, 4.69) is 10.2 Å². The molecule has 2 N–H and O–H groups in total. The molecule has 6 nitrogen and oxygen atoms in total. The second-order valence-corrected chi connectivity index (χ2v) is 4.71. The van der Waals surface area contributed by atoms with E-state index in [1.807, 2.05) is 27.7 Å². The summed E-state index contributed by atoms with van der Waals surface area (Å²) in [5.74, 6) is 0. The molecule has 0 aliphatic heterocycles. The average molecular weight is 264 g/mol. The molecule has 2 aromatic heterocycles. The standard InChI is InChI=1S/C13H20N4O2/c1-5-16-12(18)10(8(3)14-16)7-11-9(4)15-17(6-2)13(11)19/h14-15H,5-7H2,1-4H3. The Labute approximate surface area is 111 Å². The number of nitrogens with zero attached hydrogens (tertiary/aromatic N) is 2. The summed E-state index contributed by atoms with van der Waals surface area (Å²) in [7, 11) is 0. The van der Waals surface area contributed by atoms with Crippen LogP contribution < -0.4 is 11.1 Å². The lowest BCUT2D eigenvalue weighted by molar-refractivity contribution is 0.631. The molecule has 0 atom stereocenters. The summed E-state index contributed by atoms with van der Waals surface area (Å²) < 4.78 is 3.12. The first kappa shape index (κ1) is 13.5. The quantitative estimate of drug-likeness (QED) is 0.861. The minimum atomic E-state index is -0.0388. The van der Waals surface area contributed by atoms with E-state index >= 15 is 0 Å². The summed E-state index contributed by atoms with van der Waals surface area (Å²) in [5.41, 5.74) is 2.92. The smallest absolute Gasteiger partial charge is 0.270 e. The van der Waals surface area contributed by atoms with E-state index in [1.54, 1.807) is 9.36 Å². The highest BCUT2D eigenvalue weighted by molar-refractivity contribution is 5.28. The van der Waals surface area contributed by atoms with Crippen molar-refractivity contribution in [2.45, 2.75) is 47.2 Å². The van der Waals surface area contributed by atoms with Gasteiger partial charge >= 0.3 is 0 Å². The van der Waals surface area contributed by atoms with Gasteiger partial charge < -0.3 is 0 Å². The van der Waals surface area contributed by atoms with Gasteiger partial charge in [-0.3, -0.25) is 29.2 Å². The molecule has 0 aromatic carbocycles. The van der Waals surface area contributed by atoms with Gasteiger partial charge in [0.25, 0.3) is 11.1 Å². The number of hydrogen-bond donors (Lipinski definition) is 2. The number of aryl methyl sites for hydroxylation is 4. The SMILES string of the molecule is CCn1[nH]c(C)c(Cc2c(C)[nH]n(CC)c2=O)c1=O. The van der Waals surface area contributed by atoms with Crippen LogP contribution in [-0.2, 0) is 19.5 Å². The van der Waals surface area contributed by atoms with Gasteiger partial charge in [0, 0.05) is 42.0 Å². The normalized spacial score (nSPS) is 11.2. The molecular weight excluding hydrogens is 244 g/mol. The highest BCUT2D eigenvalue weighted by atomic mass is 16.1. The summed E-state index contributed by atoms with van der Waals surface area (Å²) in [6, 6.07) is 0. The number of nitrogens with one attached hydrogen (secondary N) is 2. The Hall–Kier alpha value is -1.98. The largest absolute Gasteiger partial charge is 0.300 e. The van der Waals surface area contributed by atoms with Crippen molar-refractivity contribution in [3.8, 4) is 0 Å². The third-order valence-electron chi connectivity index (χ3n) is 3.50. The van der Waals surface area contributed by atoms with E-state index in [-0.39, 0.29) is 11.1 Å². The molecule has 0 amide bonds. The van der Waals surface area contributed by atoms with Crippen LogP contribution in [0, 0.1) is 13.8 Å². The molecule has 2 rings (SSSR count). The number of aromatic nitrogens is 4. The maximum atomic E-state index is 12.1. The van der Waals surface area contributed by atoms with Crippen LogP contribution >= 0.6 is 0 Å². The van der Waals surface area contributed by atoms with Crippen molar-refractivity contribution < 1.29 is 0 Å². The van der Waals surface area contributed by atoms with Crippen molar-refractivity contribution in [1.29, 1.82) is 0 Å². The molecule has 0 bridgehead atoms. The molecule has 2 aromatic rings. The van der Waals surface area contributed by atoms with E-state index < -0.39 is 0 Å². The van der Waals surface area contributed by atoms with Gasteiger partial charge in [-0.15, -0.1) is 0 Å². The van der Waals surface area contributed by atoms with Crippen molar-refractivity contribution in [1.82, 2.24) is 19.6 Å². The highest BCUT2D eigenvalue weighted by Gasteiger charge is 2.16. The van der Waals surface area contributed by atoms with Crippen LogP contribution in [-0.4, -0.2) is 19.6 Å². The first-order chi connectivity index (χ1) is 8.99. The van der Waals surface area contributed by atoms with Crippen LogP contribution in [0.25, 0.3) is 0 Å². The summed E-state index contributed by atoms with van der Waals surface area (Å²) in [5, 5.41) is 6.06. The Kier molecular flexibility index (Phi) is 3.50. The molecule has 19 heavy (non-hydrogen) atoms. The molecule has 0 radical (unpaired) electrons. The van der Waals surface area contributed by atoms with Crippen LogP contribution in [0.15, 0.2) is 9.59 Å². The first-order valence-corrected chi connectivity index (χ1v) is 6.56. The number of aromatic amines is 2. The van der Waals surface area contributed by atoms with Gasteiger partial charge in [0.15, 0.2) is 0 Å². The number of H-pyrrole nitrogens is 2. The first-order valence-electron chi connectivity index (χ1n) is 6.56. The van der Waals surface area contributed by atoms with E-state index in [9.17, 15) is 9.59 Å². The third-order valence-corrected chi connectivity index (χ3v) is 3.50. The minimum Gasteiger partial charge on any atom is -0.300 e. The van der Waals surface area contributed by atoms with Crippen LogP contribution in [0.1, 0.15) is 36.4 Å². The van der Waals surface area contributed by atoms with E-state index in [4.69, 9.17) is 0 Å². The number of hydrogen-bond acceptors (Lipinski definition) is 2. The lowest BCUT2D eigenvalue weighted by Crippen LogP contribution is -2.21. The summed E-state index contributed by atoms with van der Waals surface area (Å²) in [4.78, 5) is 24.3. The molecule has 2 heterocycles. The van der Waals surface area contributed by atoms with Crippen molar-refractivity contribution in [3.05, 3.63) is 43.2 Å². The van der Waals surface area contributed by atoms with Gasteiger partial charge in [0.05, 0.1) is 0 Å². The van der Waals surface area contributed by atoms with Crippen molar-refractivity contribution in [3.63, 3.8) is 0 Å². The lowest BCUT2D eigenvalue weighted by atomic mass is 10.1. The van der Waals surface area contributed by atoms with Gasteiger partial charge in [0.1, 0.15) is 0 Å². The summed E-state index contributed by atoms with van der Waals surface area (Å²) >= 11 is 0. The Morgan fingerprint density at radius 1 is 0.842 bits per heavy atom. The fraction of sp³-hybridized carbons (Fsp3) is 0.538. The van der Waals surface area contributed by atoms with E-state index in [0.29, 0.717) is 30.6 Å². The van der Waals surface area contributed by atoms with Gasteiger partial charge in [-0.2, -0.15) is 0 Å². The Bertz CT molecular complexity index is 639. The van der Waals surface area contributed by atoms with Crippen LogP contribution in [0.4, 0.5) is 0 Å². The van der Waals surface area contributed by atoms with E-state index in [0.717, 1.165) is 11.4 Å². The number of rotatable bonds is 4. The fourth-order valence-corrected chi connectivity index (χ4v) is 2.33. The molecule has 0 fully saturated rings. The Morgan fingerprint density at radius 2 is 1.21 bits per heavy atom. The predicted octanol–water partition coefficient (Wildman–Crippen LogP) is 0.914. The molecular formula is C13H20N4O2. The van der Waals surface area contributed by atoms with Gasteiger partial charge in [-0.25, -0.2) is 0 Å². The molecule has 104 valence electrons. The van der Waals surface area contributed by atoms with E-state index in [1.165, 1.54) is 0 Å². The second kappa shape index (κ2) is 4.95. The molecule has 0 aliphatic rings. The Morgan fingerprint density at radius 3 is 1.47 bits per heavy atom. The average Bonchev–Trinajstić information content (AvgIpc) is 2.82. The fourth-order valence-electron chi connectivity index (χ4n) is 2.33. The third kappa shape index (κ3) is 2.18. The van der Waals surface area contributed by atoms with Crippen LogP contribution in [0.3, 0.4) is 0 Å². The molecule has 0 spiro atoms. The lowest BCUT2D eigenvalue weighted by Gasteiger charge is -1.95. The molecule has 6 heteroatoms. The van der Waals surface area contributed by atoms with Crippen molar-refractivity contribution in [2.24, 2.45) is 0 Å². The van der Waals surface area contributed by atoms with Crippen molar-refractivity contribution >= 4 is 0 Å². The zero-order chi connectivity index (χ0) is 14.2. The molecule has 0 saturated heterocycles. The maximum absolute atomic E-state index is 12.1. The molecule has 0 saturated carbocycles. The molecule has 0 aliphatic carbocycles. The maximum Gasteiger partial charge on any atom is 0.270 e. The van der Waals surface area contributed by atoms with Gasteiger partial charge in [-0.05, 0) is 27.7 Å². The van der Waals surface area contributed by atoms with Crippen LogP contribution in [0.5, 0.6) is 0 Å². The minimum absolute atomic E-state index is 0.0388. The summed E-state index contributed by atoms with van der Waals surface area (Å²) in [6.07, 6.45) is 0.377. The molecule has 0 unspecified atom stereocenters.